The van der Waals surface area contributed by atoms with Crippen molar-refractivity contribution in [1.82, 2.24) is 5.32 Å². The van der Waals surface area contributed by atoms with Crippen LogP contribution in [-0.4, -0.2) is 27.2 Å². The summed E-state index contributed by atoms with van der Waals surface area (Å²) in [6.07, 6.45) is 1.10. The maximum atomic E-state index is 12.4. The van der Waals surface area contributed by atoms with Crippen LogP contribution < -0.4 is 10.1 Å². The van der Waals surface area contributed by atoms with E-state index < -0.39 is 28.4 Å². The molecule has 8 heteroatoms. The Morgan fingerprint density at radius 1 is 1.08 bits per heavy atom. The van der Waals surface area contributed by atoms with Gasteiger partial charge in [0.2, 0.25) is 0 Å². The van der Waals surface area contributed by atoms with E-state index in [1.54, 1.807) is 25.1 Å². The highest BCUT2D eigenvalue weighted by Crippen LogP contribution is 2.22. The van der Waals surface area contributed by atoms with Gasteiger partial charge in [0, 0.05) is 6.26 Å². The Morgan fingerprint density at radius 2 is 1.68 bits per heavy atom. The Hall–Kier alpha value is -2.48. The maximum absolute atomic E-state index is 12.4. The minimum absolute atomic E-state index is 0.0117. The Morgan fingerprint density at radius 3 is 2.24 bits per heavy atom. The fraction of sp³-hybridized carbons (Fsp3) is 0.235. The lowest BCUT2D eigenvalue weighted by atomic mass is 10.1. The van der Waals surface area contributed by atoms with Gasteiger partial charge in [-0.1, -0.05) is 24.3 Å². The topological polar surface area (TPSA) is 72.5 Å². The lowest BCUT2D eigenvalue weighted by Gasteiger charge is -2.16. The average molecular weight is 369 g/mol. The summed E-state index contributed by atoms with van der Waals surface area (Å²) in [6, 6.07) is 11.3. The third-order valence-electron chi connectivity index (χ3n) is 3.50. The molecule has 0 fully saturated rings. The van der Waals surface area contributed by atoms with Gasteiger partial charge in [-0.3, -0.25) is 4.79 Å². The van der Waals surface area contributed by atoms with E-state index in [0.29, 0.717) is 5.56 Å². The van der Waals surface area contributed by atoms with Crippen molar-refractivity contribution in [2.75, 3.05) is 6.26 Å². The molecule has 0 spiro atoms. The summed E-state index contributed by atoms with van der Waals surface area (Å²) in [4.78, 5) is 12.5. The molecule has 0 aliphatic rings. The number of hydrogen-bond acceptors (Lipinski definition) is 4. The summed E-state index contributed by atoms with van der Waals surface area (Å²) in [7, 11) is -3.30. The van der Waals surface area contributed by atoms with Gasteiger partial charge in [-0.15, -0.1) is 0 Å². The van der Waals surface area contributed by atoms with Crippen LogP contribution in [0.2, 0.25) is 0 Å². The molecular weight excluding hydrogens is 352 g/mol. The summed E-state index contributed by atoms with van der Waals surface area (Å²) < 4.78 is 52.1. The molecule has 0 aliphatic heterocycles. The van der Waals surface area contributed by atoms with Gasteiger partial charge in [-0.25, -0.2) is 8.42 Å². The minimum atomic E-state index is -3.30. The number of carbonyl (C=O) groups is 1. The van der Waals surface area contributed by atoms with Gasteiger partial charge in [0.15, 0.2) is 9.84 Å². The molecule has 5 nitrogen and oxygen atoms in total. The normalized spacial score (nSPS) is 12.7. The first-order chi connectivity index (χ1) is 11.7. The van der Waals surface area contributed by atoms with Gasteiger partial charge in [0.25, 0.3) is 5.91 Å². The standard InChI is InChI=1S/C17H17F2NO4S/c1-11(12-7-9-13(10-8-12)25(2,22)23)20-16(21)14-5-3-4-6-15(14)24-17(18)19/h3-11,17H,1-2H3,(H,20,21). The fourth-order valence-corrected chi connectivity index (χ4v) is 2.84. The van der Waals surface area contributed by atoms with Crippen molar-refractivity contribution in [2.24, 2.45) is 0 Å². The highest BCUT2D eigenvalue weighted by molar-refractivity contribution is 7.90. The van der Waals surface area contributed by atoms with Crippen molar-refractivity contribution in [1.29, 1.82) is 0 Å². The largest absolute Gasteiger partial charge is 0.434 e. The number of halogens is 2. The second kappa shape index (κ2) is 7.60. The second-order valence-electron chi connectivity index (χ2n) is 5.41. The predicted molar refractivity (Wildman–Crippen MR) is 88.5 cm³/mol. The SMILES string of the molecule is CC(NC(=O)c1ccccc1OC(F)F)c1ccc(S(C)(=O)=O)cc1. The van der Waals surface area contributed by atoms with E-state index in [1.807, 2.05) is 0 Å². The monoisotopic (exact) mass is 369 g/mol. The number of benzene rings is 2. The second-order valence-corrected chi connectivity index (χ2v) is 7.43. The quantitative estimate of drug-likeness (QED) is 0.849. The van der Waals surface area contributed by atoms with Crippen molar-refractivity contribution in [3.05, 3.63) is 59.7 Å². The lowest BCUT2D eigenvalue weighted by Crippen LogP contribution is -2.27. The van der Waals surface area contributed by atoms with Gasteiger partial charge in [0.1, 0.15) is 5.75 Å². The first kappa shape index (κ1) is 18.9. The van der Waals surface area contributed by atoms with Crippen molar-refractivity contribution in [2.45, 2.75) is 24.5 Å². The number of para-hydroxylation sites is 1. The summed E-state index contributed by atoms with van der Waals surface area (Å²) in [5.74, 6) is -0.787. The first-order valence-corrected chi connectivity index (χ1v) is 9.22. The zero-order valence-electron chi connectivity index (χ0n) is 13.6. The zero-order chi connectivity index (χ0) is 18.6. The van der Waals surface area contributed by atoms with Crippen molar-refractivity contribution < 1.29 is 26.7 Å². The van der Waals surface area contributed by atoms with Crippen LogP contribution in [0.25, 0.3) is 0 Å². The molecule has 2 aromatic rings. The molecule has 134 valence electrons. The van der Waals surface area contributed by atoms with E-state index in [0.717, 1.165) is 6.26 Å². The van der Waals surface area contributed by atoms with Crippen LogP contribution in [0, 0.1) is 0 Å². The number of nitrogens with one attached hydrogen (secondary N) is 1. The van der Waals surface area contributed by atoms with Crippen LogP contribution in [0.1, 0.15) is 28.9 Å². The van der Waals surface area contributed by atoms with Crippen LogP contribution in [0.5, 0.6) is 5.75 Å². The smallest absolute Gasteiger partial charge is 0.387 e. The summed E-state index contributed by atoms with van der Waals surface area (Å²) >= 11 is 0. The fourth-order valence-electron chi connectivity index (χ4n) is 2.21. The molecule has 1 amide bonds. The number of hydrogen-bond donors (Lipinski definition) is 1. The van der Waals surface area contributed by atoms with Gasteiger partial charge >= 0.3 is 6.61 Å². The molecular formula is C17H17F2NO4S. The molecule has 2 aromatic carbocycles. The molecule has 0 saturated carbocycles. The van der Waals surface area contributed by atoms with Crippen molar-refractivity contribution >= 4 is 15.7 Å². The Labute approximate surface area is 144 Å². The number of alkyl halides is 2. The number of amides is 1. The minimum Gasteiger partial charge on any atom is -0.434 e. The number of carbonyl (C=O) groups excluding carboxylic acids is 1. The molecule has 25 heavy (non-hydrogen) atoms. The van der Waals surface area contributed by atoms with Gasteiger partial charge in [-0.2, -0.15) is 8.78 Å². The number of ether oxygens (including phenoxy) is 1. The van der Waals surface area contributed by atoms with Crippen LogP contribution >= 0.6 is 0 Å². The van der Waals surface area contributed by atoms with Gasteiger partial charge in [0.05, 0.1) is 16.5 Å². The van der Waals surface area contributed by atoms with Crippen molar-refractivity contribution in [3.8, 4) is 5.75 Å². The predicted octanol–water partition coefficient (Wildman–Crippen LogP) is 3.18. The maximum Gasteiger partial charge on any atom is 0.387 e. The molecule has 0 heterocycles. The highest BCUT2D eigenvalue weighted by atomic mass is 32.2. The van der Waals surface area contributed by atoms with Gasteiger partial charge < -0.3 is 10.1 Å². The number of rotatable bonds is 6. The summed E-state index contributed by atoms with van der Waals surface area (Å²) in [5, 5.41) is 2.67. The van der Waals surface area contributed by atoms with Crippen LogP contribution in [0.4, 0.5) is 8.78 Å². The van der Waals surface area contributed by atoms with E-state index >= 15 is 0 Å². The summed E-state index contributed by atoms with van der Waals surface area (Å²) in [5.41, 5.74) is 0.662. The Balaban J connectivity index is 2.15. The van der Waals surface area contributed by atoms with E-state index in [-0.39, 0.29) is 16.2 Å². The first-order valence-electron chi connectivity index (χ1n) is 7.33. The molecule has 1 atom stereocenters. The molecule has 0 bridgehead atoms. The third kappa shape index (κ3) is 4.99. The average Bonchev–Trinajstić information content (AvgIpc) is 2.54. The van der Waals surface area contributed by atoms with E-state index in [2.05, 4.69) is 10.1 Å². The van der Waals surface area contributed by atoms with Crippen LogP contribution in [0.3, 0.4) is 0 Å². The van der Waals surface area contributed by atoms with Crippen molar-refractivity contribution in [3.63, 3.8) is 0 Å². The van der Waals surface area contributed by atoms with Crippen LogP contribution in [0.15, 0.2) is 53.4 Å². The van der Waals surface area contributed by atoms with E-state index in [9.17, 15) is 22.0 Å². The van der Waals surface area contributed by atoms with Crippen LogP contribution in [-0.2, 0) is 9.84 Å². The lowest BCUT2D eigenvalue weighted by molar-refractivity contribution is -0.0501. The molecule has 0 aliphatic carbocycles. The zero-order valence-corrected chi connectivity index (χ0v) is 14.4. The third-order valence-corrected chi connectivity index (χ3v) is 4.63. The van der Waals surface area contributed by atoms with E-state index in [1.165, 1.54) is 30.3 Å². The van der Waals surface area contributed by atoms with Gasteiger partial charge in [-0.05, 0) is 36.8 Å². The summed E-state index contributed by atoms with van der Waals surface area (Å²) in [6.45, 7) is -1.33. The highest BCUT2D eigenvalue weighted by Gasteiger charge is 2.18. The molecule has 2 rings (SSSR count). The Bertz CT molecular complexity index is 851. The molecule has 0 saturated heterocycles. The molecule has 0 aromatic heterocycles. The van der Waals surface area contributed by atoms with E-state index in [4.69, 9.17) is 0 Å². The molecule has 0 radical (unpaired) electrons. The molecule has 1 unspecified atom stereocenters. The number of sulfone groups is 1. The Kier molecular flexibility index (Phi) is 5.73. The molecule has 1 N–H and O–H groups in total.